The van der Waals surface area contributed by atoms with Crippen molar-refractivity contribution in [2.75, 3.05) is 25.6 Å². The summed E-state index contributed by atoms with van der Waals surface area (Å²) in [7, 11) is 0. The van der Waals surface area contributed by atoms with Crippen molar-refractivity contribution in [1.82, 2.24) is 9.55 Å². The maximum Gasteiger partial charge on any atom is 0.168 e. The van der Waals surface area contributed by atoms with Crippen LogP contribution in [0.2, 0.25) is 0 Å². The molecule has 2 fully saturated rings. The molecular weight excluding hydrogens is 260 g/mol. The van der Waals surface area contributed by atoms with E-state index in [9.17, 15) is 5.11 Å². The molecule has 0 aromatic carbocycles. The van der Waals surface area contributed by atoms with Crippen LogP contribution in [-0.2, 0) is 4.74 Å². The fourth-order valence-corrected chi connectivity index (χ4v) is 3.63. The summed E-state index contributed by atoms with van der Waals surface area (Å²) in [6, 6.07) is 0.658. The second-order valence-electron chi connectivity index (χ2n) is 6.16. The van der Waals surface area contributed by atoms with Gasteiger partial charge in [-0.2, -0.15) is 0 Å². The van der Waals surface area contributed by atoms with E-state index in [1.165, 1.54) is 18.5 Å². The molecule has 0 unspecified atom stereocenters. The molecule has 4 nitrogen and oxygen atoms in total. The Kier molecular flexibility index (Phi) is 3.62. The average molecular weight is 282 g/mol. The molecule has 2 aliphatic rings. The van der Waals surface area contributed by atoms with Crippen LogP contribution in [0.25, 0.3) is 0 Å². The molecule has 1 aromatic heterocycles. The van der Waals surface area contributed by atoms with Gasteiger partial charge >= 0.3 is 0 Å². The van der Waals surface area contributed by atoms with Gasteiger partial charge in [-0.05, 0) is 18.8 Å². The highest BCUT2D eigenvalue weighted by Gasteiger charge is 2.39. The first-order valence-electron chi connectivity index (χ1n) is 7.04. The minimum atomic E-state index is -0.0387. The van der Waals surface area contributed by atoms with Crippen molar-refractivity contribution in [2.24, 2.45) is 5.41 Å². The van der Waals surface area contributed by atoms with E-state index in [-0.39, 0.29) is 12.0 Å². The Morgan fingerprint density at radius 1 is 1.53 bits per heavy atom. The summed E-state index contributed by atoms with van der Waals surface area (Å²) in [4.78, 5) is 4.60. The van der Waals surface area contributed by atoms with Gasteiger partial charge in [0, 0.05) is 29.1 Å². The summed E-state index contributed by atoms with van der Waals surface area (Å²) in [5.74, 6) is 1.41. The lowest BCUT2D eigenvalue weighted by Crippen LogP contribution is -2.47. The number of rotatable bonds is 6. The fourth-order valence-electron chi connectivity index (χ4n) is 2.42. The number of imidazole rings is 1. The quantitative estimate of drug-likeness (QED) is 0.814. The minimum Gasteiger partial charge on any atom is -0.396 e. The average Bonchev–Trinajstić information content (AvgIpc) is 3.08. The standard InChI is InChI=1S/C14H22N2O2S/c1-10(2)12-5-15-13(16(12)11-3-4-11)19-9-14(6-17)7-18-8-14/h5,10-11,17H,3-4,6-9H2,1-2H3. The molecule has 0 radical (unpaired) electrons. The third kappa shape index (κ3) is 2.56. The molecule has 1 N–H and O–H groups in total. The van der Waals surface area contributed by atoms with Crippen molar-refractivity contribution < 1.29 is 9.84 Å². The third-order valence-corrected chi connectivity index (χ3v) is 5.27. The molecule has 106 valence electrons. The van der Waals surface area contributed by atoms with E-state index in [4.69, 9.17) is 4.74 Å². The van der Waals surface area contributed by atoms with Gasteiger partial charge < -0.3 is 14.4 Å². The van der Waals surface area contributed by atoms with Gasteiger partial charge in [0.05, 0.1) is 19.8 Å². The molecular formula is C14H22N2O2S. The summed E-state index contributed by atoms with van der Waals surface area (Å²) in [5.41, 5.74) is 1.30. The monoisotopic (exact) mass is 282 g/mol. The fraction of sp³-hybridized carbons (Fsp3) is 0.786. The highest BCUT2D eigenvalue weighted by molar-refractivity contribution is 7.99. The molecule has 3 rings (SSSR count). The molecule has 1 aromatic rings. The molecule has 19 heavy (non-hydrogen) atoms. The van der Waals surface area contributed by atoms with Crippen LogP contribution in [0.1, 0.15) is 44.3 Å². The van der Waals surface area contributed by atoms with Crippen LogP contribution in [0.15, 0.2) is 11.4 Å². The van der Waals surface area contributed by atoms with E-state index in [1.807, 2.05) is 6.20 Å². The van der Waals surface area contributed by atoms with E-state index < -0.39 is 0 Å². The highest BCUT2D eigenvalue weighted by atomic mass is 32.2. The molecule has 1 saturated heterocycles. The second-order valence-corrected chi connectivity index (χ2v) is 7.10. The molecule has 1 aliphatic heterocycles. The Labute approximate surface area is 118 Å². The summed E-state index contributed by atoms with van der Waals surface area (Å²) in [6.07, 6.45) is 4.57. The van der Waals surface area contributed by atoms with Gasteiger partial charge in [0.2, 0.25) is 0 Å². The number of aromatic nitrogens is 2. The molecule has 5 heteroatoms. The van der Waals surface area contributed by atoms with Crippen molar-refractivity contribution in [1.29, 1.82) is 0 Å². The van der Waals surface area contributed by atoms with Crippen LogP contribution in [-0.4, -0.2) is 40.2 Å². The molecule has 0 atom stereocenters. The van der Waals surface area contributed by atoms with E-state index in [1.54, 1.807) is 11.8 Å². The lowest BCUT2D eigenvalue weighted by molar-refractivity contribution is -0.121. The van der Waals surface area contributed by atoms with E-state index in [2.05, 4.69) is 23.4 Å². The van der Waals surface area contributed by atoms with Crippen molar-refractivity contribution in [3.8, 4) is 0 Å². The summed E-state index contributed by atoms with van der Waals surface area (Å²) in [5, 5.41) is 10.6. The van der Waals surface area contributed by atoms with E-state index >= 15 is 0 Å². The topological polar surface area (TPSA) is 47.3 Å². The number of ether oxygens (including phenoxy) is 1. The van der Waals surface area contributed by atoms with Crippen LogP contribution in [0.5, 0.6) is 0 Å². The van der Waals surface area contributed by atoms with Gasteiger partial charge in [-0.3, -0.25) is 0 Å². The minimum absolute atomic E-state index is 0.0387. The van der Waals surface area contributed by atoms with Gasteiger partial charge in [0.25, 0.3) is 0 Å². The van der Waals surface area contributed by atoms with Gasteiger partial charge in [-0.1, -0.05) is 25.6 Å². The van der Waals surface area contributed by atoms with Crippen molar-refractivity contribution in [3.63, 3.8) is 0 Å². The first kappa shape index (κ1) is 13.5. The third-order valence-electron chi connectivity index (χ3n) is 3.95. The largest absolute Gasteiger partial charge is 0.396 e. The summed E-state index contributed by atoms with van der Waals surface area (Å²) >= 11 is 1.77. The van der Waals surface area contributed by atoms with Crippen molar-refractivity contribution >= 4 is 11.8 Å². The molecule has 1 saturated carbocycles. The summed E-state index contributed by atoms with van der Waals surface area (Å²) < 4.78 is 7.67. The second kappa shape index (κ2) is 5.11. The normalized spacial score (nSPS) is 21.7. The SMILES string of the molecule is CC(C)c1cnc(SCC2(CO)COC2)n1C1CC1. The number of thioether (sulfide) groups is 1. The van der Waals surface area contributed by atoms with Gasteiger partial charge in [0.1, 0.15) is 0 Å². The zero-order valence-electron chi connectivity index (χ0n) is 11.6. The number of hydrogen-bond acceptors (Lipinski definition) is 4. The lowest BCUT2D eigenvalue weighted by atomic mass is 9.90. The number of aliphatic hydroxyl groups is 1. The van der Waals surface area contributed by atoms with Crippen LogP contribution in [0.3, 0.4) is 0 Å². The Balaban J connectivity index is 1.73. The van der Waals surface area contributed by atoms with Crippen LogP contribution >= 0.6 is 11.8 Å². The lowest BCUT2D eigenvalue weighted by Gasteiger charge is -2.39. The predicted molar refractivity (Wildman–Crippen MR) is 75.6 cm³/mol. The van der Waals surface area contributed by atoms with Gasteiger partial charge in [-0.25, -0.2) is 4.98 Å². The van der Waals surface area contributed by atoms with Crippen molar-refractivity contribution in [2.45, 2.75) is 43.8 Å². The van der Waals surface area contributed by atoms with Crippen LogP contribution < -0.4 is 0 Å². The van der Waals surface area contributed by atoms with E-state index in [0.717, 1.165) is 10.9 Å². The maximum atomic E-state index is 9.48. The number of hydrogen-bond donors (Lipinski definition) is 1. The smallest absolute Gasteiger partial charge is 0.168 e. The Hall–Kier alpha value is -0.520. The van der Waals surface area contributed by atoms with Crippen LogP contribution in [0, 0.1) is 5.41 Å². The molecule has 2 heterocycles. The Bertz CT molecular complexity index is 445. The number of aliphatic hydroxyl groups excluding tert-OH is 1. The molecule has 0 bridgehead atoms. The molecule has 0 amide bonds. The van der Waals surface area contributed by atoms with Gasteiger partial charge in [-0.15, -0.1) is 0 Å². The Morgan fingerprint density at radius 3 is 2.74 bits per heavy atom. The summed E-state index contributed by atoms with van der Waals surface area (Å²) in [6.45, 7) is 6.01. The molecule has 1 aliphatic carbocycles. The van der Waals surface area contributed by atoms with Crippen molar-refractivity contribution in [3.05, 3.63) is 11.9 Å². The first-order chi connectivity index (χ1) is 9.15. The van der Waals surface area contributed by atoms with Crippen LogP contribution in [0.4, 0.5) is 0 Å². The zero-order chi connectivity index (χ0) is 13.5. The number of nitrogens with zero attached hydrogens (tertiary/aromatic N) is 2. The highest BCUT2D eigenvalue weighted by Crippen LogP contribution is 2.42. The maximum absolute atomic E-state index is 9.48. The zero-order valence-corrected chi connectivity index (χ0v) is 12.4. The molecule has 0 spiro atoms. The Morgan fingerprint density at radius 2 is 2.26 bits per heavy atom. The first-order valence-corrected chi connectivity index (χ1v) is 8.02. The van der Waals surface area contributed by atoms with Gasteiger partial charge in [0.15, 0.2) is 5.16 Å². The predicted octanol–water partition coefficient (Wildman–Crippen LogP) is 2.44. The van der Waals surface area contributed by atoms with E-state index in [0.29, 0.717) is 25.2 Å².